The zero-order valence-electron chi connectivity index (χ0n) is 11.1. The van der Waals surface area contributed by atoms with Gasteiger partial charge in [-0.15, -0.1) is 0 Å². The minimum atomic E-state index is 0.352. The summed E-state index contributed by atoms with van der Waals surface area (Å²) >= 11 is 0. The van der Waals surface area contributed by atoms with Crippen LogP contribution >= 0.6 is 0 Å². The van der Waals surface area contributed by atoms with E-state index in [0.717, 1.165) is 50.1 Å². The van der Waals surface area contributed by atoms with Crippen molar-refractivity contribution >= 4 is 5.95 Å². The fourth-order valence-electron chi connectivity index (χ4n) is 2.19. The van der Waals surface area contributed by atoms with Crippen molar-refractivity contribution in [1.29, 1.82) is 5.26 Å². The van der Waals surface area contributed by atoms with Crippen LogP contribution in [0.5, 0.6) is 0 Å². The summed E-state index contributed by atoms with van der Waals surface area (Å²) in [6.07, 6.45) is 0.352. The zero-order valence-corrected chi connectivity index (χ0v) is 11.1. The molecular weight excluding hydrogens is 226 g/mol. The molecule has 0 amide bonds. The second-order valence-corrected chi connectivity index (χ2v) is 4.56. The number of anilines is 1. The predicted molar refractivity (Wildman–Crippen MR) is 70.4 cm³/mol. The normalized spacial score (nSPS) is 16.6. The van der Waals surface area contributed by atoms with Gasteiger partial charge in [-0.3, -0.25) is 0 Å². The molecule has 5 heteroatoms. The summed E-state index contributed by atoms with van der Waals surface area (Å²) in [5.74, 6) is 0.774. The van der Waals surface area contributed by atoms with Gasteiger partial charge in [-0.05, 0) is 19.5 Å². The van der Waals surface area contributed by atoms with Crippen molar-refractivity contribution in [2.75, 3.05) is 37.6 Å². The van der Waals surface area contributed by atoms with E-state index < -0.39 is 0 Å². The number of nitrogens with zero attached hydrogens (tertiary/aromatic N) is 5. The number of hydrogen-bond donors (Lipinski definition) is 0. The molecule has 1 fully saturated rings. The smallest absolute Gasteiger partial charge is 0.225 e. The third-order valence-corrected chi connectivity index (χ3v) is 3.26. The van der Waals surface area contributed by atoms with Crippen molar-refractivity contribution in [2.24, 2.45) is 0 Å². The van der Waals surface area contributed by atoms with E-state index in [4.69, 9.17) is 5.26 Å². The van der Waals surface area contributed by atoms with E-state index in [9.17, 15) is 0 Å². The third kappa shape index (κ3) is 2.96. The van der Waals surface area contributed by atoms with E-state index in [0.29, 0.717) is 6.42 Å². The Kier molecular flexibility index (Phi) is 4.11. The van der Waals surface area contributed by atoms with Crippen molar-refractivity contribution < 1.29 is 0 Å². The molecule has 0 N–H and O–H groups in total. The molecule has 0 bridgehead atoms. The summed E-state index contributed by atoms with van der Waals surface area (Å²) in [7, 11) is 0. The molecule has 2 rings (SSSR count). The minimum Gasteiger partial charge on any atom is -0.338 e. The Bertz CT molecular complexity index is 443. The van der Waals surface area contributed by atoms with Crippen molar-refractivity contribution in [3.8, 4) is 6.07 Å². The van der Waals surface area contributed by atoms with E-state index >= 15 is 0 Å². The molecule has 0 aromatic carbocycles. The molecule has 18 heavy (non-hydrogen) atoms. The quantitative estimate of drug-likeness (QED) is 0.795. The maximum atomic E-state index is 8.75. The number of rotatable bonds is 3. The standard InChI is InChI=1S/C13H19N5/c1-3-17-6-8-18(9-7-17)13-15-11(2)10-12(16-13)4-5-14/h10H,3-4,6-9H2,1-2H3. The average molecular weight is 245 g/mol. The second-order valence-electron chi connectivity index (χ2n) is 4.56. The van der Waals surface area contributed by atoms with Gasteiger partial charge in [-0.1, -0.05) is 6.92 Å². The van der Waals surface area contributed by atoms with Crippen LogP contribution in [-0.2, 0) is 6.42 Å². The van der Waals surface area contributed by atoms with Crippen LogP contribution in [-0.4, -0.2) is 47.6 Å². The van der Waals surface area contributed by atoms with Gasteiger partial charge in [0.25, 0.3) is 0 Å². The van der Waals surface area contributed by atoms with Crippen LogP contribution in [0.2, 0.25) is 0 Å². The summed E-state index contributed by atoms with van der Waals surface area (Å²) in [5, 5.41) is 8.75. The average Bonchev–Trinajstić information content (AvgIpc) is 2.38. The van der Waals surface area contributed by atoms with E-state index in [1.807, 2.05) is 13.0 Å². The van der Waals surface area contributed by atoms with Crippen LogP contribution < -0.4 is 4.90 Å². The lowest BCUT2D eigenvalue weighted by Crippen LogP contribution is -2.46. The lowest BCUT2D eigenvalue weighted by molar-refractivity contribution is 0.270. The molecule has 2 heterocycles. The second kappa shape index (κ2) is 5.78. The Morgan fingerprint density at radius 2 is 2.00 bits per heavy atom. The van der Waals surface area contributed by atoms with Crippen LogP contribution in [0.25, 0.3) is 0 Å². The van der Waals surface area contributed by atoms with Gasteiger partial charge < -0.3 is 9.80 Å². The first-order chi connectivity index (χ1) is 8.72. The molecule has 1 aromatic rings. The van der Waals surface area contributed by atoms with Crippen LogP contribution in [0.1, 0.15) is 18.3 Å². The largest absolute Gasteiger partial charge is 0.338 e. The molecule has 1 aliphatic rings. The fraction of sp³-hybridized carbons (Fsp3) is 0.615. The lowest BCUT2D eigenvalue weighted by atomic mass is 10.2. The fourth-order valence-corrected chi connectivity index (χ4v) is 2.19. The highest BCUT2D eigenvalue weighted by atomic mass is 15.3. The van der Waals surface area contributed by atoms with Gasteiger partial charge in [0.15, 0.2) is 0 Å². The van der Waals surface area contributed by atoms with E-state index in [-0.39, 0.29) is 0 Å². The molecule has 0 atom stereocenters. The van der Waals surface area contributed by atoms with Gasteiger partial charge in [0.1, 0.15) is 0 Å². The third-order valence-electron chi connectivity index (χ3n) is 3.26. The monoisotopic (exact) mass is 245 g/mol. The first-order valence-corrected chi connectivity index (χ1v) is 6.41. The number of aromatic nitrogens is 2. The Morgan fingerprint density at radius 1 is 1.28 bits per heavy atom. The summed E-state index contributed by atoms with van der Waals surface area (Å²) in [5.41, 5.74) is 1.75. The Morgan fingerprint density at radius 3 is 2.61 bits per heavy atom. The maximum Gasteiger partial charge on any atom is 0.225 e. The predicted octanol–water partition coefficient (Wildman–Crippen LogP) is 0.993. The first-order valence-electron chi connectivity index (χ1n) is 6.41. The molecule has 1 aromatic heterocycles. The number of likely N-dealkylation sites (N-methyl/N-ethyl adjacent to an activating group) is 1. The van der Waals surface area contributed by atoms with Crippen molar-refractivity contribution in [3.05, 3.63) is 17.5 Å². The van der Waals surface area contributed by atoms with Crippen LogP contribution in [0.3, 0.4) is 0 Å². The van der Waals surface area contributed by atoms with Crippen LogP contribution in [0.15, 0.2) is 6.07 Å². The molecule has 1 aliphatic heterocycles. The van der Waals surface area contributed by atoms with Gasteiger partial charge >= 0.3 is 0 Å². The number of nitriles is 1. The molecule has 0 unspecified atom stereocenters. The van der Waals surface area contributed by atoms with Gasteiger partial charge in [0.2, 0.25) is 5.95 Å². The molecule has 96 valence electrons. The van der Waals surface area contributed by atoms with E-state index in [2.05, 4.69) is 32.8 Å². The highest BCUT2D eigenvalue weighted by Gasteiger charge is 2.18. The maximum absolute atomic E-state index is 8.75. The Balaban J connectivity index is 2.11. The molecular formula is C13H19N5. The van der Waals surface area contributed by atoms with Crippen molar-refractivity contribution in [2.45, 2.75) is 20.3 Å². The number of piperazine rings is 1. The SMILES string of the molecule is CCN1CCN(c2nc(C)cc(CC#N)n2)CC1. The Labute approximate surface area is 108 Å². The van der Waals surface area contributed by atoms with E-state index in [1.54, 1.807) is 0 Å². The number of hydrogen-bond acceptors (Lipinski definition) is 5. The summed E-state index contributed by atoms with van der Waals surface area (Å²) in [6, 6.07) is 4.02. The summed E-state index contributed by atoms with van der Waals surface area (Å²) in [4.78, 5) is 13.6. The molecule has 0 aliphatic carbocycles. The first kappa shape index (κ1) is 12.8. The topological polar surface area (TPSA) is 56.0 Å². The van der Waals surface area contributed by atoms with Gasteiger partial charge in [0, 0.05) is 31.9 Å². The van der Waals surface area contributed by atoms with Gasteiger partial charge in [0.05, 0.1) is 18.2 Å². The molecule has 0 spiro atoms. The molecule has 1 saturated heterocycles. The molecule has 0 radical (unpaired) electrons. The minimum absolute atomic E-state index is 0.352. The highest BCUT2D eigenvalue weighted by molar-refractivity contribution is 5.33. The van der Waals surface area contributed by atoms with Crippen LogP contribution in [0, 0.1) is 18.3 Å². The van der Waals surface area contributed by atoms with Crippen molar-refractivity contribution in [3.63, 3.8) is 0 Å². The van der Waals surface area contributed by atoms with E-state index in [1.165, 1.54) is 0 Å². The van der Waals surface area contributed by atoms with Crippen molar-refractivity contribution in [1.82, 2.24) is 14.9 Å². The van der Waals surface area contributed by atoms with Crippen LogP contribution in [0.4, 0.5) is 5.95 Å². The summed E-state index contributed by atoms with van der Waals surface area (Å²) < 4.78 is 0. The highest BCUT2D eigenvalue weighted by Crippen LogP contribution is 2.13. The lowest BCUT2D eigenvalue weighted by Gasteiger charge is -2.34. The van der Waals surface area contributed by atoms with Gasteiger partial charge in [-0.2, -0.15) is 5.26 Å². The molecule has 0 saturated carbocycles. The number of aryl methyl sites for hydroxylation is 1. The molecule has 5 nitrogen and oxygen atoms in total. The zero-order chi connectivity index (χ0) is 13.0. The Hall–Kier alpha value is -1.67. The summed E-state index contributed by atoms with van der Waals surface area (Å²) in [6.45, 7) is 9.27. The van der Waals surface area contributed by atoms with Gasteiger partial charge in [-0.25, -0.2) is 9.97 Å².